The zero-order valence-electron chi connectivity index (χ0n) is 12.9. The first kappa shape index (κ1) is 16.9. The number of anilines is 1. The molecule has 0 radical (unpaired) electrons. The van der Waals surface area contributed by atoms with Gasteiger partial charge in [0.25, 0.3) is 5.56 Å². The fourth-order valence-corrected chi connectivity index (χ4v) is 3.29. The number of aromatic nitrogens is 2. The Morgan fingerprint density at radius 2 is 2.21 bits per heavy atom. The highest BCUT2D eigenvalue weighted by Gasteiger charge is 2.18. The number of nitrogens with zero attached hydrogens (tertiary/aromatic N) is 3. The molecule has 3 rings (SSSR count). The van der Waals surface area contributed by atoms with Gasteiger partial charge in [-0.3, -0.25) is 9.59 Å². The summed E-state index contributed by atoms with van der Waals surface area (Å²) in [5.74, 6) is -0.284. The van der Waals surface area contributed by atoms with Gasteiger partial charge in [-0.05, 0) is 11.4 Å². The molecule has 1 saturated heterocycles. The highest BCUT2D eigenvalue weighted by atomic mass is 35.5. The Balaban J connectivity index is 1.66. The van der Waals surface area contributed by atoms with Crippen molar-refractivity contribution < 1.29 is 9.53 Å². The quantitative estimate of drug-likeness (QED) is 0.855. The topological polar surface area (TPSA) is 76.5 Å². The van der Waals surface area contributed by atoms with Gasteiger partial charge in [-0.25, -0.2) is 4.68 Å². The smallest absolute Gasteiger partial charge is 0.288 e. The molecule has 2 aromatic heterocycles. The summed E-state index contributed by atoms with van der Waals surface area (Å²) in [5, 5.41) is 8.86. The van der Waals surface area contributed by atoms with Gasteiger partial charge in [-0.15, -0.1) is 11.3 Å². The number of thiophene rings is 1. The summed E-state index contributed by atoms with van der Waals surface area (Å²) in [6.45, 7) is 2.77. The van der Waals surface area contributed by atoms with Gasteiger partial charge in [0, 0.05) is 18.0 Å². The Hall–Kier alpha value is -1.90. The van der Waals surface area contributed by atoms with Crippen LogP contribution in [0, 0.1) is 0 Å². The van der Waals surface area contributed by atoms with Crippen molar-refractivity contribution in [2.24, 2.45) is 0 Å². The number of rotatable bonds is 5. The molecule has 0 aromatic carbocycles. The number of halogens is 1. The molecule has 2 aromatic rings. The molecule has 1 N–H and O–H groups in total. The van der Waals surface area contributed by atoms with Gasteiger partial charge in [0.05, 0.1) is 31.6 Å². The number of amides is 1. The maximum Gasteiger partial charge on any atom is 0.288 e. The molecule has 3 heterocycles. The predicted octanol–water partition coefficient (Wildman–Crippen LogP) is 1.11. The summed E-state index contributed by atoms with van der Waals surface area (Å²) in [6, 6.07) is 3.85. The highest BCUT2D eigenvalue weighted by Crippen LogP contribution is 2.21. The molecular weight excluding hydrogens is 352 g/mol. The summed E-state index contributed by atoms with van der Waals surface area (Å²) in [6.07, 6.45) is 1.53. The van der Waals surface area contributed by atoms with Crippen LogP contribution < -0.4 is 15.8 Å². The molecular formula is C15H17ClN4O3S. The van der Waals surface area contributed by atoms with Crippen LogP contribution in [0.4, 0.5) is 5.69 Å². The van der Waals surface area contributed by atoms with Crippen LogP contribution in [0.3, 0.4) is 0 Å². The second-order valence-electron chi connectivity index (χ2n) is 5.26. The Bertz CT molecular complexity index is 757. The van der Waals surface area contributed by atoms with Crippen molar-refractivity contribution in [3.8, 4) is 0 Å². The van der Waals surface area contributed by atoms with E-state index in [-0.39, 0.29) is 17.5 Å². The van der Waals surface area contributed by atoms with Crippen molar-refractivity contribution in [1.82, 2.24) is 15.1 Å². The maximum absolute atomic E-state index is 12.3. The predicted molar refractivity (Wildman–Crippen MR) is 92.7 cm³/mol. The molecule has 128 valence electrons. The van der Waals surface area contributed by atoms with Gasteiger partial charge >= 0.3 is 0 Å². The molecule has 0 atom stereocenters. The highest BCUT2D eigenvalue weighted by molar-refractivity contribution is 7.09. The first-order valence-electron chi connectivity index (χ1n) is 7.52. The molecule has 0 bridgehead atoms. The standard InChI is InChI=1S/C15H17ClN4O3S/c16-14-12(19-3-5-23-6-4-19)9-18-20(15(14)22)10-13(21)17-8-11-2-1-7-24-11/h1-2,7,9H,3-6,8,10H2,(H,17,21). The zero-order chi connectivity index (χ0) is 16.9. The van der Waals surface area contributed by atoms with Crippen molar-refractivity contribution in [1.29, 1.82) is 0 Å². The third kappa shape index (κ3) is 3.95. The number of carbonyl (C=O) groups is 1. The van der Waals surface area contributed by atoms with Crippen molar-refractivity contribution in [3.63, 3.8) is 0 Å². The van der Waals surface area contributed by atoms with Gasteiger partial charge in [-0.2, -0.15) is 5.10 Å². The van der Waals surface area contributed by atoms with Gasteiger partial charge in [0.2, 0.25) is 5.91 Å². The number of nitrogens with one attached hydrogen (secondary N) is 1. The van der Waals surface area contributed by atoms with Crippen LogP contribution in [-0.4, -0.2) is 42.0 Å². The van der Waals surface area contributed by atoms with E-state index >= 15 is 0 Å². The average Bonchev–Trinajstić information content (AvgIpc) is 3.12. The van der Waals surface area contributed by atoms with Crippen molar-refractivity contribution in [2.75, 3.05) is 31.2 Å². The van der Waals surface area contributed by atoms with Crippen molar-refractivity contribution >= 4 is 34.5 Å². The lowest BCUT2D eigenvalue weighted by atomic mass is 10.3. The molecule has 7 nitrogen and oxygen atoms in total. The molecule has 1 amide bonds. The lowest BCUT2D eigenvalue weighted by molar-refractivity contribution is -0.122. The van der Waals surface area contributed by atoms with E-state index in [1.54, 1.807) is 11.3 Å². The van der Waals surface area contributed by atoms with Crippen LogP contribution in [-0.2, 0) is 22.6 Å². The van der Waals surface area contributed by atoms with E-state index in [2.05, 4.69) is 10.4 Å². The molecule has 1 fully saturated rings. The third-order valence-corrected chi connectivity index (χ3v) is 4.88. The average molecular weight is 369 g/mol. The Morgan fingerprint density at radius 1 is 1.42 bits per heavy atom. The second-order valence-corrected chi connectivity index (χ2v) is 6.67. The number of hydrogen-bond acceptors (Lipinski definition) is 6. The molecule has 1 aliphatic rings. The van der Waals surface area contributed by atoms with E-state index in [0.717, 1.165) is 9.56 Å². The third-order valence-electron chi connectivity index (χ3n) is 3.65. The van der Waals surface area contributed by atoms with Crippen LogP contribution in [0.2, 0.25) is 5.02 Å². The minimum Gasteiger partial charge on any atom is -0.378 e. The SMILES string of the molecule is O=C(Cn1ncc(N2CCOCC2)c(Cl)c1=O)NCc1cccs1. The fraction of sp³-hybridized carbons (Fsp3) is 0.400. The zero-order valence-corrected chi connectivity index (χ0v) is 14.5. The summed E-state index contributed by atoms with van der Waals surface area (Å²) in [7, 11) is 0. The molecule has 0 aliphatic carbocycles. The van der Waals surface area contributed by atoms with Crippen molar-refractivity contribution in [3.05, 3.63) is 44.0 Å². The van der Waals surface area contributed by atoms with E-state index in [1.165, 1.54) is 6.20 Å². The van der Waals surface area contributed by atoms with Crippen LogP contribution in [0.5, 0.6) is 0 Å². The number of morpholine rings is 1. The summed E-state index contributed by atoms with van der Waals surface area (Å²) in [5.41, 5.74) is 0.118. The second kappa shape index (κ2) is 7.78. The van der Waals surface area contributed by atoms with E-state index in [1.807, 2.05) is 22.4 Å². The molecule has 24 heavy (non-hydrogen) atoms. The first-order chi connectivity index (χ1) is 11.6. The lowest BCUT2D eigenvalue weighted by Crippen LogP contribution is -2.39. The number of hydrogen-bond donors (Lipinski definition) is 1. The van der Waals surface area contributed by atoms with Crippen LogP contribution in [0.15, 0.2) is 28.5 Å². The molecule has 0 saturated carbocycles. The Labute approximate surface area is 147 Å². The molecule has 9 heteroatoms. The van der Waals surface area contributed by atoms with Crippen molar-refractivity contribution in [2.45, 2.75) is 13.1 Å². The van der Waals surface area contributed by atoms with Gasteiger partial charge in [0.15, 0.2) is 0 Å². The van der Waals surface area contributed by atoms with Crippen LogP contribution in [0.1, 0.15) is 4.88 Å². The molecule has 1 aliphatic heterocycles. The van der Waals surface area contributed by atoms with Crippen LogP contribution in [0.25, 0.3) is 0 Å². The summed E-state index contributed by atoms with van der Waals surface area (Å²) in [4.78, 5) is 27.3. The van der Waals surface area contributed by atoms with E-state index in [0.29, 0.717) is 38.5 Å². The number of ether oxygens (including phenoxy) is 1. The van der Waals surface area contributed by atoms with E-state index < -0.39 is 5.56 Å². The Kier molecular flexibility index (Phi) is 5.49. The van der Waals surface area contributed by atoms with Gasteiger partial charge in [0.1, 0.15) is 11.6 Å². The van der Waals surface area contributed by atoms with Gasteiger partial charge in [-0.1, -0.05) is 17.7 Å². The lowest BCUT2D eigenvalue weighted by Gasteiger charge is -2.29. The minimum atomic E-state index is -0.466. The minimum absolute atomic E-state index is 0.0814. The Morgan fingerprint density at radius 3 is 2.92 bits per heavy atom. The molecule has 0 unspecified atom stereocenters. The van der Waals surface area contributed by atoms with Gasteiger partial charge < -0.3 is 15.0 Å². The number of carbonyl (C=O) groups excluding carboxylic acids is 1. The summed E-state index contributed by atoms with van der Waals surface area (Å²) >= 11 is 7.75. The van der Waals surface area contributed by atoms with Crippen LogP contribution >= 0.6 is 22.9 Å². The molecule has 0 spiro atoms. The first-order valence-corrected chi connectivity index (χ1v) is 8.78. The largest absolute Gasteiger partial charge is 0.378 e. The normalized spacial score (nSPS) is 14.6. The van der Waals surface area contributed by atoms with E-state index in [4.69, 9.17) is 16.3 Å². The maximum atomic E-state index is 12.3. The monoisotopic (exact) mass is 368 g/mol. The van der Waals surface area contributed by atoms with E-state index in [9.17, 15) is 9.59 Å². The fourth-order valence-electron chi connectivity index (χ4n) is 2.38. The summed E-state index contributed by atoms with van der Waals surface area (Å²) < 4.78 is 6.36.